The second kappa shape index (κ2) is 8.18. The van der Waals surface area contributed by atoms with E-state index in [0.29, 0.717) is 12.6 Å². The molecular weight excluding hydrogens is 262 g/mol. The first-order valence-corrected chi connectivity index (χ1v) is 8.18. The van der Waals surface area contributed by atoms with Crippen molar-refractivity contribution in [1.82, 2.24) is 5.32 Å². The number of ether oxygens (including phenoxy) is 1. The second-order valence-electron chi connectivity index (χ2n) is 6.18. The SMILES string of the molecule is CC(C)Oc1ccc(C(=O)CNC2CCCCCC2)cc1. The average molecular weight is 289 g/mol. The molecule has 0 atom stereocenters. The van der Waals surface area contributed by atoms with E-state index in [9.17, 15) is 4.79 Å². The van der Waals surface area contributed by atoms with Crippen molar-refractivity contribution in [2.45, 2.75) is 64.5 Å². The highest BCUT2D eigenvalue weighted by Gasteiger charge is 2.13. The summed E-state index contributed by atoms with van der Waals surface area (Å²) < 4.78 is 5.59. The van der Waals surface area contributed by atoms with Crippen LogP contribution in [-0.2, 0) is 0 Å². The van der Waals surface area contributed by atoms with Gasteiger partial charge >= 0.3 is 0 Å². The first kappa shape index (κ1) is 16.0. The van der Waals surface area contributed by atoms with E-state index in [2.05, 4.69) is 5.32 Å². The maximum Gasteiger partial charge on any atom is 0.176 e. The van der Waals surface area contributed by atoms with Crippen molar-refractivity contribution in [3.63, 3.8) is 0 Å². The summed E-state index contributed by atoms with van der Waals surface area (Å²) >= 11 is 0. The smallest absolute Gasteiger partial charge is 0.176 e. The van der Waals surface area contributed by atoms with Crippen molar-refractivity contribution in [2.75, 3.05) is 6.54 Å². The number of hydrogen-bond acceptors (Lipinski definition) is 3. The van der Waals surface area contributed by atoms with Crippen LogP contribution in [0.15, 0.2) is 24.3 Å². The summed E-state index contributed by atoms with van der Waals surface area (Å²) in [5.74, 6) is 0.980. The first-order valence-electron chi connectivity index (χ1n) is 8.18. The van der Waals surface area contributed by atoms with Crippen molar-refractivity contribution in [1.29, 1.82) is 0 Å². The van der Waals surface area contributed by atoms with Gasteiger partial charge in [0.05, 0.1) is 12.6 Å². The molecule has 1 aromatic rings. The number of rotatable bonds is 6. The first-order chi connectivity index (χ1) is 10.1. The third-order valence-corrected chi connectivity index (χ3v) is 3.95. The summed E-state index contributed by atoms with van der Waals surface area (Å²) in [6.45, 7) is 4.43. The molecule has 3 heteroatoms. The molecule has 0 unspecified atom stereocenters. The van der Waals surface area contributed by atoms with E-state index < -0.39 is 0 Å². The van der Waals surface area contributed by atoms with Crippen molar-refractivity contribution < 1.29 is 9.53 Å². The summed E-state index contributed by atoms with van der Waals surface area (Å²) in [6.07, 6.45) is 7.80. The van der Waals surface area contributed by atoms with Gasteiger partial charge in [-0.1, -0.05) is 25.7 Å². The number of ketones is 1. The zero-order chi connectivity index (χ0) is 15.1. The molecule has 0 saturated heterocycles. The van der Waals surface area contributed by atoms with Gasteiger partial charge in [-0.05, 0) is 51.0 Å². The maximum absolute atomic E-state index is 12.2. The molecule has 3 nitrogen and oxygen atoms in total. The van der Waals surface area contributed by atoms with Crippen LogP contribution in [0, 0.1) is 0 Å². The van der Waals surface area contributed by atoms with Crippen molar-refractivity contribution in [2.24, 2.45) is 0 Å². The van der Waals surface area contributed by atoms with Gasteiger partial charge in [-0.15, -0.1) is 0 Å². The normalized spacial score (nSPS) is 16.7. The summed E-state index contributed by atoms with van der Waals surface area (Å²) in [4.78, 5) is 12.2. The molecule has 116 valence electrons. The molecule has 1 aliphatic carbocycles. The molecule has 1 aromatic carbocycles. The molecule has 0 aliphatic heterocycles. The quantitative estimate of drug-likeness (QED) is 0.636. The van der Waals surface area contributed by atoms with E-state index in [-0.39, 0.29) is 11.9 Å². The summed E-state index contributed by atoms with van der Waals surface area (Å²) in [5.41, 5.74) is 0.757. The molecule has 0 spiro atoms. The van der Waals surface area contributed by atoms with Gasteiger partial charge in [-0.3, -0.25) is 4.79 Å². The van der Waals surface area contributed by atoms with Crippen LogP contribution >= 0.6 is 0 Å². The van der Waals surface area contributed by atoms with Crippen LogP contribution < -0.4 is 10.1 Å². The third kappa shape index (κ3) is 5.50. The minimum atomic E-state index is 0.156. The molecule has 0 bridgehead atoms. The van der Waals surface area contributed by atoms with E-state index in [1.54, 1.807) is 0 Å². The van der Waals surface area contributed by atoms with Gasteiger partial charge in [0.25, 0.3) is 0 Å². The van der Waals surface area contributed by atoms with Gasteiger partial charge in [-0.25, -0.2) is 0 Å². The largest absolute Gasteiger partial charge is 0.491 e. The molecular formula is C18H27NO2. The van der Waals surface area contributed by atoms with Crippen LogP contribution in [0.4, 0.5) is 0 Å². The highest BCUT2D eigenvalue weighted by Crippen LogP contribution is 2.17. The Hall–Kier alpha value is -1.35. The molecule has 0 radical (unpaired) electrons. The van der Waals surface area contributed by atoms with E-state index >= 15 is 0 Å². The Kier molecular flexibility index (Phi) is 6.24. The lowest BCUT2D eigenvalue weighted by Crippen LogP contribution is -2.33. The van der Waals surface area contributed by atoms with Gasteiger partial charge in [-0.2, -0.15) is 0 Å². The van der Waals surface area contributed by atoms with Gasteiger partial charge < -0.3 is 10.1 Å². The van der Waals surface area contributed by atoms with Gasteiger partial charge in [0.15, 0.2) is 5.78 Å². The Morgan fingerprint density at radius 3 is 2.33 bits per heavy atom. The monoisotopic (exact) mass is 289 g/mol. The fourth-order valence-electron chi connectivity index (χ4n) is 2.81. The molecule has 2 rings (SSSR count). The van der Waals surface area contributed by atoms with E-state index in [0.717, 1.165) is 11.3 Å². The number of Topliss-reactive ketones (excluding diaryl/α,β-unsaturated/α-hetero) is 1. The number of benzene rings is 1. The lowest BCUT2D eigenvalue weighted by Gasteiger charge is -2.15. The van der Waals surface area contributed by atoms with Crippen LogP contribution in [0.3, 0.4) is 0 Å². The zero-order valence-electron chi connectivity index (χ0n) is 13.2. The van der Waals surface area contributed by atoms with E-state index in [1.807, 2.05) is 38.1 Å². The van der Waals surface area contributed by atoms with E-state index in [4.69, 9.17) is 4.74 Å². The molecule has 0 amide bonds. The predicted octanol–water partition coefficient (Wildman–Crippen LogP) is 3.97. The van der Waals surface area contributed by atoms with Crippen LogP contribution in [0.2, 0.25) is 0 Å². The Bertz CT molecular complexity index is 431. The maximum atomic E-state index is 12.2. The molecule has 1 fully saturated rings. The predicted molar refractivity (Wildman–Crippen MR) is 86.0 cm³/mol. The van der Waals surface area contributed by atoms with Crippen LogP contribution in [0.1, 0.15) is 62.7 Å². The fraction of sp³-hybridized carbons (Fsp3) is 0.611. The van der Waals surface area contributed by atoms with Gasteiger partial charge in [0.1, 0.15) is 5.75 Å². The van der Waals surface area contributed by atoms with Crippen LogP contribution in [-0.4, -0.2) is 24.5 Å². The lowest BCUT2D eigenvalue weighted by molar-refractivity contribution is 0.0986. The fourth-order valence-corrected chi connectivity index (χ4v) is 2.81. The van der Waals surface area contributed by atoms with Crippen molar-refractivity contribution in [3.8, 4) is 5.75 Å². The molecule has 1 aliphatic rings. The standard InChI is InChI=1S/C18H27NO2/c1-14(2)21-17-11-9-15(10-12-17)18(20)13-19-16-7-5-3-4-6-8-16/h9-12,14,16,19H,3-8,13H2,1-2H3. The van der Waals surface area contributed by atoms with Crippen LogP contribution in [0.5, 0.6) is 5.75 Å². The number of carbonyl (C=O) groups is 1. The zero-order valence-corrected chi connectivity index (χ0v) is 13.2. The highest BCUT2D eigenvalue weighted by molar-refractivity contribution is 5.97. The molecule has 21 heavy (non-hydrogen) atoms. The summed E-state index contributed by atoms with van der Waals surface area (Å²) in [7, 11) is 0. The lowest BCUT2D eigenvalue weighted by atomic mass is 10.1. The van der Waals surface area contributed by atoms with Crippen molar-refractivity contribution in [3.05, 3.63) is 29.8 Å². The number of carbonyl (C=O) groups excluding carboxylic acids is 1. The Morgan fingerprint density at radius 1 is 1.14 bits per heavy atom. The Balaban J connectivity index is 1.82. The topological polar surface area (TPSA) is 38.3 Å². The third-order valence-electron chi connectivity index (χ3n) is 3.95. The van der Waals surface area contributed by atoms with Gasteiger partial charge in [0, 0.05) is 11.6 Å². The second-order valence-corrected chi connectivity index (χ2v) is 6.18. The number of nitrogens with one attached hydrogen (secondary N) is 1. The Labute approximate surface area is 128 Å². The average Bonchev–Trinajstić information content (AvgIpc) is 2.73. The summed E-state index contributed by atoms with van der Waals surface area (Å²) in [5, 5.41) is 3.43. The van der Waals surface area contributed by atoms with Crippen LogP contribution in [0.25, 0.3) is 0 Å². The number of hydrogen-bond donors (Lipinski definition) is 1. The molecule has 1 N–H and O–H groups in total. The Morgan fingerprint density at radius 2 is 1.76 bits per heavy atom. The van der Waals surface area contributed by atoms with Crippen molar-refractivity contribution >= 4 is 5.78 Å². The minimum absolute atomic E-state index is 0.156. The van der Waals surface area contributed by atoms with E-state index in [1.165, 1.54) is 38.5 Å². The molecule has 0 aromatic heterocycles. The molecule has 0 heterocycles. The highest BCUT2D eigenvalue weighted by atomic mass is 16.5. The molecule has 1 saturated carbocycles. The van der Waals surface area contributed by atoms with Gasteiger partial charge in [0.2, 0.25) is 0 Å². The minimum Gasteiger partial charge on any atom is -0.491 e. The summed E-state index contributed by atoms with van der Waals surface area (Å²) in [6, 6.07) is 7.97.